The van der Waals surface area contributed by atoms with Crippen LogP contribution in [0, 0.1) is 0 Å². The second-order valence-corrected chi connectivity index (χ2v) is 3.50. The van der Waals surface area contributed by atoms with Gasteiger partial charge >= 0.3 is 0 Å². The van der Waals surface area contributed by atoms with Crippen LogP contribution < -0.4 is 0 Å². The van der Waals surface area contributed by atoms with Crippen LogP contribution in [0.3, 0.4) is 0 Å². The molecule has 0 aromatic heterocycles. The molecule has 0 amide bonds. The highest BCUT2D eigenvalue weighted by atomic mass is 31.1. The minimum atomic E-state index is -0.233. The van der Waals surface area contributed by atoms with Gasteiger partial charge in [-0.3, -0.25) is 4.57 Å². The monoisotopic (exact) mass is 176 g/mol. The summed E-state index contributed by atoms with van der Waals surface area (Å²) < 4.78 is 10.0. The fourth-order valence-corrected chi connectivity index (χ4v) is 1.38. The second kappa shape index (κ2) is 8.16. The zero-order chi connectivity index (χ0) is 8.53. The van der Waals surface area contributed by atoms with Crippen LogP contribution in [-0.4, -0.2) is 17.4 Å². The molecule has 0 rings (SSSR count). The van der Waals surface area contributed by atoms with Gasteiger partial charge in [0.1, 0.15) is 0 Å². The van der Waals surface area contributed by atoms with Crippen molar-refractivity contribution in [3.05, 3.63) is 0 Å². The molecule has 0 aliphatic heterocycles. The largest absolute Gasteiger partial charge is 0.393 e. The van der Waals surface area contributed by atoms with Gasteiger partial charge in [-0.15, -0.1) is 0 Å². The van der Waals surface area contributed by atoms with Gasteiger partial charge in [0, 0.05) is 6.16 Å². The fraction of sp³-hybridized carbons (Fsp3) is 1.00. The van der Waals surface area contributed by atoms with E-state index in [9.17, 15) is 9.67 Å². The number of aliphatic hydroxyl groups is 1. The van der Waals surface area contributed by atoms with E-state index < -0.39 is 0 Å². The van der Waals surface area contributed by atoms with Crippen molar-refractivity contribution in [3.8, 4) is 0 Å². The summed E-state index contributed by atoms with van der Waals surface area (Å²) in [4.78, 5) is 0. The summed E-state index contributed by atoms with van der Waals surface area (Å²) >= 11 is 0. The summed E-state index contributed by atoms with van der Waals surface area (Å²) in [6, 6.07) is 0. The zero-order valence-corrected chi connectivity index (χ0v) is 8.02. The van der Waals surface area contributed by atoms with E-state index >= 15 is 0 Å². The number of aliphatic hydroxyl groups excluding tert-OH is 1. The van der Waals surface area contributed by atoms with Crippen molar-refractivity contribution in [1.29, 1.82) is 0 Å². The molecule has 0 spiro atoms. The summed E-state index contributed by atoms with van der Waals surface area (Å²) in [5.74, 6) is 0. The number of unbranched alkanes of at least 4 members (excludes halogenated alkanes) is 2. The van der Waals surface area contributed by atoms with Gasteiger partial charge in [-0.05, 0) is 12.8 Å². The Bertz CT molecular complexity index is 96.1. The molecule has 11 heavy (non-hydrogen) atoms. The Kier molecular flexibility index (Phi) is 8.20. The van der Waals surface area contributed by atoms with Gasteiger partial charge < -0.3 is 5.11 Å². The average molecular weight is 176 g/mol. The maximum absolute atomic E-state index is 10.0. The minimum Gasteiger partial charge on any atom is -0.393 e. The molecule has 2 nitrogen and oxygen atoms in total. The Labute approximate surface area is 70.2 Å². The van der Waals surface area contributed by atoms with E-state index in [1.54, 1.807) is 0 Å². The van der Waals surface area contributed by atoms with Crippen molar-refractivity contribution < 1.29 is 9.67 Å². The Morgan fingerprint density at radius 3 is 2.64 bits per heavy atom. The fourth-order valence-electron chi connectivity index (χ4n) is 0.976. The highest BCUT2D eigenvalue weighted by molar-refractivity contribution is 7.23. The first kappa shape index (κ1) is 11.1. The molecule has 3 heteroatoms. The number of hydrogen-bond donors (Lipinski definition) is 1. The molecule has 0 saturated heterocycles. The third kappa shape index (κ3) is 7.96. The van der Waals surface area contributed by atoms with Crippen LogP contribution >= 0.6 is 8.46 Å². The Balaban J connectivity index is 3.08. The van der Waals surface area contributed by atoms with Crippen molar-refractivity contribution in [3.63, 3.8) is 0 Å². The van der Waals surface area contributed by atoms with Crippen molar-refractivity contribution in [2.24, 2.45) is 0 Å². The van der Waals surface area contributed by atoms with E-state index in [1.807, 2.05) is 0 Å². The lowest BCUT2D eigenvalue weighted by Gasteiger charge is -2.06. The summed E-state index contributed by atoms with van der Waals surface area (Å²) in [6.45, 7) is 2.14. The van der Waals surface area contributed by atoms with Crippen LogP contribution in [0.25, 0.3) is 0 Å². The SMILES string of the molecule is CCCCCC(O)CCP=O. The number of rotatable bonds is 7. The van der Waals surface area contributed by atoms with Crippen LogP contribution in [0.4, 0.5) is 0 Å². The molecule has 0 aromatic carbocycles. The summed E-state index contributed by atoms with van der Waals surface area (Å²) in [5.41, 5.74) is 0. The normalized spacial score (nSPS) is 13.6. The molecular weight excluding hydrogens is 159 g/mol. The zero-order valence-electron chi connectivity index (χ0n) is 7.12. The summed E-state index contributed by atoms with van der Waals surface area (Å²) in [6.07, 6.45) is 5.36. The summed E-state index contributed by atoms with van der Waals surface area (Å²) in [7, 11) is 0.153. The lowest BCUT2D eigenvalue weighted by Crippen LogP contribution is -2.06. The summed E-state index contributed by atoms with van der Waals surface area (Å²) in [5, 5.41) is 9.26. The molecule has 1 atom stereocenters. The van der Waals surface area contributed by atoms with Crippen LogP contribution in [0.1, 0.15) is 39.0 Å². The predicted molar refractivity (Wildman–Crippen MR) is 47.2 cm³/mol. The van der Waals surface area contributed by atoms with E-state index in [1.165, 1.54) is 12.8 Å². The first-order valence-electron chi connectivity index (χ1n) is 4.28. The van der Waals surface area contributed by atoms with E-state index in [2.05, 4.69) is 6.92 Å². The standard InChI is InChI=1S/C8H17O2P/c1-2-3-4-5-8(9)6-7-11-10/h8-9H,2-7H2,1H3. The van der Waals surface area contributed by atoms with Crippen molar-refractivity contribution in [2.45, 2.75) is 45.1 Å². The maximum atomic E-state index is 10.0. The highest BCUT2D eigenvalue weighted by Gasteiger charge is 2.02. The van der Waals surface area contributed by atoms with Crippen molar-refractivity contribution >= 4 is 8.46 Å². The topological polar surface area (TPSA) is 37.3 Å². The molecule has 0 aromatic rings. The van der Waals surface area contributed by atoms with Crippen LogP contribution in [0.2, 0.25) is 0 Å². The van der Waals surface area contributed by atoms with Crippen molar-refractivity contribution in [2.75, 3.05) is 6.16 Å². The Morgan fingerprint density at radius 1 is 1.36 bits per heavy atom. The molecule has 1 unspecified atom stereocenters. The molecule has 0 bridgehead atoms. The molecular formula is C8H17O2P. The van der Waals surface area contributed by atoms with E-state index in [4.69, 9.17) is 0 Å². The molecule has 0 saturated carbocycles. The van der Waals surface area contributed by atoms with E-state index in [0.717, 1.165) is 12.8 Å². The quantitative estimate of drug-likeness (QED) is 0.478. The van der Waals surface area contributed by atoms with Gasteiger partial charge in [0.2, 0.25) is 0 Å². The van der Waals surface area contributed by atoms with E-state index in [0.29, 0.717) is 12.6 Å². The molecule has 0 aliphatic rings. The molecule has 0 radical (unpaired) electrons. The lowest BCUT2D eigenvalue weighted by molar-refractivity contribution is 0.157. The second-order valence-electron chi connectivity index (χ2n) is 2.79. The smallest absolute Gasteiger partial charge is 0.155 e. The molecule has 0 fully saturated rings. The Morgan fingerprint density at radius 2 is 2.09 bits per heavy atom. The lowest BCUT2D eigenvalue weighted by atomic mass is 10.1. The van der Waals surface area contributed by atoms with Crippen LogP contribution in [0.5, 0.6) is 0 Å². The van der Waals surface area contributed by atoms with Gasteiger partial charge in [0.25, 0.3) is 0 Å². The van der Waals surface area contributed by atoms with Gasteiger partial charge in [0.05, 0.1) is 6.10 Å². The van der Waals surface area contributed by atoms with Crippen LogP contribution in [-0.2, 0) is 4.57 Å². The average Bonchev–Trinajstić information content (AvgIpc) is 2.01. The van der Waals surface area contributed by atoms with E-state index in [-0.39, 0.29) is 14.6 Å². The van der Waals surface area contributed by atoms with Gasteiger partial charge in [0.15, 0.2) is 8.46 Å². The van der Waals surface area contributed by atoms with Gasteiger partial charge in [-0.1, -0.05) is 26.2 Å². The van der Waals surface area contributed by atoms with Gasteiger partial charge in [-0.2, -0.15) is 0 Å². The minimum absolute atomic E-state index is 0.153. The van der Waals surface area contributed by atoms with Crippen molar-refractivity contribution in [1.82, 2.24) is 0 Å². The third-order valence-electron chi connectivity index (χ3n) is 1.69. The molecule has 0 heterocycles. The van der Waals surface area contributed by atoms with Gasteiger partial charge in [-0.25, -0.2) is 0 Å². The maximum Gasteiger partial charge on any atom is 0.155 e. The first-order chi connectivity index (χ1) is 5.31. The predicted octanol–water partition coefficient (Wildman–Crippen LogP) is 2.61. The molecule has 66 valence electrons. The Hall–Kier alpha value is 0.0600. The third-order valence-corrected chi connectivity index (χ3v) is 2.14. The number of hydrogen-bond acceptors (Lipinski definition) is 2. The highest BCUT2D eigenvalue weighted by Crippen LogP contribution is 2.08. The molecule has 0 aliphatic carbocycles. The molecule has 1 N–H and O–H groups in total. The first-order valence-corrected chi connectivity index (χ1v) is 5.28. The van der Waals surface area contributed by atoms with Crippen LogP contribution in [0.15, 0.2) is 0 Å².